The third-order valence-corrected chi connectivity index (χ3v) is 11.2. The average Bonchev–Trinajstić information content (AvgIpc) is 3.72. The summed E-state index contributed by atoms with van der Waals surface area (Å²) in [6.07, 6.45) is 9.71. The first-order chi connectivity index (χ1) is 30.2. The molecule has 1 unspecified atom stereocenters. The molecule has 4 fully saturated rings. The third-order valence-electron chi connectivity index (χ3n) is 11.2. The molecule has 0 saturated carbocycles. The van der Waals surface area contributed by atoms with Gasteiger partial charge in [-0.05, 0) is 86.6 Å². The van der Waals surface area contributed by atoms with Crippen molar-refractivity contribution in [2.45, 2.75) is 84.6 Å². The average molecular weight is 865 g/mol. The van der Waals surface area contributed by atoms with Crippen LogP contribution in [0, 0.1) is 18.6 Å². The van der Waals surface area contributed by atoms with Gasteiger partial charge in [-0.15, -0.1) is 0 Å². The molecule has 1 atom stereocenters. The summed E-state index contributed by atoms with van der Waals surface area (Å²) in [5.74, 6) is 3.68. The molecule has 340 valence electrons. The second-order valence-electron chi connectivity index (χ2n) is 15.4. The summed E-state index contributed by atoms with van der Waals surface area (Å²) in [7, 11) is 3.17. The number of methoxy groups -OCH3 is 2. The summed E-state index contributed by atoms with van der Waals surface area (Å²) in [6, 6.07) is 12.3. The summed E-state index contributed by atoms with van der Waals surface area (Å²) in [5.41, 5.74) is 1.43. The van der Waals surface area contributed by atoms with Crippen molar-refractivity contribution in [3.8, 4) is 11.5 Å². The van der Waals surface area contributed by atoms with Gasteiger partial charge in [0.1, 0.15) is 34.8 Å². The number of hydrogen-bond acceptors (Lipinski definition) is 12. The minimum atomic E-state index is -0.271. The molecule has 4 aromatic rings. The van der Waals surface area contributed by atoms with Crippen LogP contribution in [0.15, 0.2) is 58.1 Å². The maximum Gasteiger partial charge on any atom is 0.254 e. The third kappa shape index (κ3) is 14.2. The Morgan fingerprint density at radius 3 is 1.69 bits per heavy atom. The number of aromatic amines is 2. The molecule has 2 aromatic heterocycles. The fraction of sp³-hybridized carbons (Fsp3) is 0.565. The van der Waals surface area contributed by atoms with Gasteiger partial charge in [0.05, 0.1) is 40.6 Å². The number of aromatic nitrogens is 4. The molecule has 6 heterocycles. The van der Waals surface area contributed by atoms with E-state index in [1.54, 1.807) is 44.6 Å². The van der Waals surface area contributed by atoms with Crippen molar-refractivity contribution in [1.29, 1.82) is 0 Å². The van der Waals surface area contributed by atoms with Gasteiger partial charge in [0.2, 0.25) is 11.9 Å². The number of rotatable bonds is 8. The summed E-state index contributed by atoms with van der Waals surface area (Å²) >= 11 is 0. The standard InChI is InChI=1S/C22H29FN4O3.C14H22N4O2.C8H9FO.C2H6/c1-29-19-7-6-17(23)13-16(19)14-18-5-3-2-4-8-27(18)22-24-20(15-21(28)25-22)26-9-11-30-12-10-26;19-13-11-12(17-7-9-20-10-8-17)15-14(16-13)18-5-3-1-2-4-6-18;1-6-5-7(9)3-4-8(6)10-2;1-2/h6-7,13,15,18H,2-5,8-12,14H2,1H3,(H,24,25,28);11H,1-10H2,(H,15,16,19);3-5H,1-2H3;1-2H3. The van der Waals surface area contributed by atoms with Crippen molar-refractivity contribution in [1.82, 2.24) is 19.9 Å². The lowest BCUT2D eigenvalue weighted by Crippen LogP contribution is -2.41. The van der Waals surface area contributed by atoms with Crippen molar-refractivity contribution < 1.29 is 27.7 Å². The first-order valence-corrected chi connectivity index (χ1v) is 22.2. The Labute approximate surface area is 364 Å². The highest BCUT2D eigenvalue weighted by Gasteiger charge is 2.26. The number of aryl methyl sites for hydroxylation is 1. The molecule has 16 heteroatoms. The van der Waals surface area contributed by atoms with E-state index in [9.17, 15) is 18.4 Å². The van der Waals surface area contributed by atoms with E-state index in [0.717, 1.165) is 100 Å². The summed E-state index contributed by atoms with van der Waals surface area (Å²) < 4.78 is 47.5. The second kappa shape index (κ2) is 25.0. The Balaban J connectivity index is 0.000000194. The molecular formula is C46H66F2N8O6. The number of hydrogen-bond donors (Lipinski definition) is 2. The second-order valence-corrected chi connectivity index (χ2v) is 15.4. The van der Waals surface area contributed by atoms with E-state index in [1.807, 2.05) is 20.8 Å². The number of H-pyrrole nitrogens is 2. The lowest BCUT2D eigenvalue weighted by molar-refractivity contribution is 0.122. The maximum atomic E-state index is 13.9. The van der Waals surface area contributed by atoms with Crippen molar-refractivity contribution in [2.75, 3.05) is 106 Å². The molecule has 0 spiro atoms. The van der Waals surface area contributed by atoms with E-state index in [4.69, 9.17) is 23.9 Å². The lowest BCUT2D eigenvalue weighted by atomic mass is 10.00. The van der Waals surface area contributed by atoms with Crippen LogP contribution in [0.2, 0.25) is 0 Å². The van der Waals surface area contributed by atoms with Crippen molar-refractivity contribution >= 4 is 23.5 Å². The Morgan fingerprint density at radius 2 is 1.13 bits per heavy atom. The minimum Gasteiger partial charge on any atom is -0.496 e. The largest absolute Gasteiger partial charge is 0.496 e. The SMILES string of the molecule is CC.COc1ccc(F)cc1C.COc1ccc(F)cc1CC1CCCCCN1c1nc(N2CCOCC2)cc(=O)[nH]1.O=c1cc(N2CCOCC2)nc(N2CCCCCC2)[nH]1. The van der Waals surface area contributed by atoms with Crippen LogP contribution in [0.4, 0.5) is 32.3 Å². The Hall–Kier alpha value is -5.22. The Kier molecular flexibility index (Phi) is 19.3. The van der Waals surface area contributed by atoms with Crippen LogP contribution in [0.3, 0.4) is 0 Å². The van der Waals surface area contributed by atoms with Crippen molar-refractivity contribution in [3.63, 3.8) is 0 Å². The van der Waals surface area contributed by atoms with Gasteiger partial charge in [-0.3, -0.25) is 19.6 Å². The van der Waals surface area contributed by atoms with E-state index >= 15 is 0 Å². The highest BCUT2D eigenvalue weighted by Crippen LogP contribution is 2.29. The predicted octanol–water partition coefficient (Wildman–Crippen LogP) is 6.90. The molecule has 8 rings (SSSR count). The zero-order chi connectivity index (χ0) is 44.3. The molecule has 4 saturated heterocycles. The monoisotopic (exact) mass is 865 g/mol. The van der Waals surface area contributed by atoms with Gasteiger partial charge >= 0.3 is 0 Å². The molecular weight excluding hydrogens is 799 g/mol. The van der Waals surface area contributed by atoms with Gasteiger partial charge in [-0.1, -0.05) is 39.5 Å². The molecule has 2 N–H and O–H groups in total. The molecule has 2 aromatic carbocycles. The molecule has 0 aliphatic carbocycles. The molecule has 0 amide bonds. The summed E-state index contributed by atoms with van der Waals surface area (Å²) in [6.45, 7) is 14.3. The minimum absolute atomic E-state index is 0.0688. The van der Waals surface area contributed by atoms with Gasteiger partial charge < -0.3 is 38.5 Å². The number of benzene rings is 2. The van der Waals surface area contributed by atoms with Crippen LogP contribution < -0.4 is 40.2 Å². The molecule has 14 nitrogen and oxygen atoms in total. The number of anilines is 4. The van der Waals surface area contributed by atoms with Crippen LogP contribution >= 0.6 is 0 Å². The predicted molar refractivity (Wildman–Crippen MR) is 242 cm³/mol. The van der Waals surface area contributed by atoms with E-state index < -0.39 is 0 Å². The molecule has 4 aliphatic rings. The Morgan fingerprint density at radius 1 is 0.629 bits per heavy atom. The summed E-state index contributed by atoms with van der Waals surface area (Å²) in [4.78, 5) is 48.2. The quantitative estimate of drug-likeness (QED) is 0.190. The van der Waals surface area contributed by atoms with E-state index in [0.29, 0.717) is 50.4 Å². The van der Waals surface area contributed by atoms with Crippen LogP contribution in [-0.4, -0.2) is 112 Å². The summed E-state index contributed by atoms with van der Waals surface area (Å²) in [5, 5.41) is 0. The maximum absolute atomic E-state index is 13.9. The molecule has 0 bridgehead atoms. The normalized spacial score (nSPS) is 18.1. The number of nitrogens with zero attached hydrogens (tertiary/aromatic N) is 6. The van der Waals surface area contributed by atoms with Crippen LogP contribution in [0.1, 0.15) is 76.3 Å². The molecule has 0 radical (unpaired) electrons. The van der Waals surface area contributed by atoms with Crippen LogP contribution in [-0.2, 0) is 15.9 Å². The zero-order valence-electron chi connectivity index (χ0n) is 37.2. The van der Waals surface area contributed by atoms with Crippen LogP contribution in [0.25, 0.3) is 0 Å². The number of ether oxygens (including phenoxy) is 4. The first kappa shape index (κ1) is 47.8. The Bertz CT molecular complexity index is 2070. The highest BCUT2D eigenvalue weighted by atomic mass is 19.1. The topological polar surface area (TPSA) is 141 Å². The van der Waals surface area contributed by atoms with E-state index in [-0.39, 0.29) is 28.8 Å². The fourth-order valence-electron chi connectivity index (χ4n) is 8.01. The fourth-order valence-corrected chi connectivity index (χ4v) is 8.01. The first-order valence-electron chi connectivity index (χ1n) is 22.2. The molecule has 4 aliphatic heterocycles. The van der Waals surface area contributed by atoms with Gasteiger partial charge in [0, 0.05) is 64.0 Å². The van der Waals surface area contributed by atoms with Gasteiger partial charge in [0.25, 0.3) is 11.1 Å². The van der Waals surface area contributed by atoms with E-state index in [2.05, 4.69) is 34.6 Å². The smallest absolute Gasteiger partial charge is 0.254 e. The zero-order valence-corrected chi connectivity index (χ0v) is 37.2. The molecule has 62 heavy (non-hydrogen) atoms. The van der Waals surface area contributed by atoms with Crippen molar-refractivity contribution in [3.05, 3.63) is 92.0 Å². The number of nitrogens with one attached hydrogen (secondary N) is 2. The number of morpholine rings is 2. The van der Waals surface area contributed by atoms with Crippen LogP contribution in [0.5, 0.6) is 11.5 Å². The number of halogens is 2. The van der Waals surface area contributed by atoms with Gasteiger partial charge in [-0.25, -0.2) is 8.78 Å². The van der Waals surface area contributed by atoms with Gasteiger partial charge in [-0.2, -0.15) is 9.97 Å². The van der Waals surface area contributed by atoms with Gasteiger partial charge in [0.15, 0.2) is 0 Å². The van der Waals surface area contributed by atoms with E-state index in [1.165, 1.54) is 43.9 Å². The van der Waals surface area contributed by atoms with Crippen molar-refractivity contribution in [2.24, 2.45) is 0 Å². The lowest BCUT2D eigenvalue weighted by Gasteiger charge is -2.33. The highest BCUT2D eigenvalue weighted by molar-refractivity contribution is 5.46.